The SMILES string of the molecule is Cc1ccccc1CNC(=O)c1cnc(Nc2ccccc2Cl)cn1. The number of hydrogen-bond donors (Lipinski definition) is 2. The van der Waals surface area contributed by atoms with Crippen molar-refractivity contribution in [1.82, 2.24) is 15.3 Å². The Hall–Kier alpha value is -2.92. The molecular formula is C19H17ClN4O. The van der Waals surface area contributed by atoms with Gasteiger partial charge < -0.3 is 10.6 Å². The van der Waals surface area contributed by atoms with Crippen LogP contribution >= 0.6 is 11.6 Å². The summed E-state index contributed by atoms with van der Waals surface area (Å²) in [7, 11) is 0. The summed E-state index contributed by atoms with van der Waals surface area (Å²) in [5.41, 5.74) is 3.20. The Bertz CT molecular complexity index is 881. The quantitative estimate of drug-likeness (QED) is 0.725. The third kappa shape index (κ3) is 4.33. The van der Waals surface area contributed by atoms with Gasteiger partial charge in [0.05, 0.1) is 23.1 Å². The van der Waals surface area contributed by atoms with Gasteiger partial charge in [0.15, 0.2) is 0 Å². The zero-order chi connectivity index (χ0) is 17.6. The lowest BCUT2D eigenvalue weighted by Crippen LogP contribution is -2.24. The Morgan fingerprint density at radius 3 is 2.52 bits per heavy atom. The summed E-state index contributed by atoms with van der Waals surface area (Å²) in [5, 5.41) is 6.51. The molecule has 6 heteroatoms. The van der Waals surface area contributed by atoms with Gasteiger partial charge in [0.2, 0.25) is 0 Å². The first kappa shape index (κ1) is 16.9. The summed E-state index contributed by atoms with van der Waals surface area (Å²) in [4.78, 5) is 20.6. The van der Waals surface area contributed by atoms with Crippen LogP contribution in [0.15, 0.2) is 60.9 Å². The van der Waals surface area contributed by atoms with Crippen LogP contribution in [0.1, 0.15) is 21.6 Å². The monoisotopic (exact) mass is 352 g/mol. The van der Waals surface area contributed by atoms with Gasteiger partial charge in [-0.25, -0.2) is 9.97 Å². The molecule has 0 bridgehead atoms. The maximum absolute atomic E-state index is 12.2. The summed E-state index contributed by atoms with van der Waals surface area (Å²) in [6, 6.07) is 15.3. The molecule has 25 heavy (non-hydrogen) atoms. The summed E-state index contributed by atoms with van der Waals surface area (Å²) in [6.45, 7) is 2.46. The predicted molar refractivity (Wildman–Crippen MR) is 99.1 cm³/mol. The van der Waals surface area contributed by atoms with Crippen molar-refractivity contribution >= 4 is 29.0 Å². The molecular weight excluding hydrogens is 336 g/mol. The Morgan fingerprint density at radius 2 is 1.80 bits per heavy atom. The molecule has 2 N–H and O–H groups in total. The number of nitrogens with one attached hydrogen (secondary N) is 2. The average Bonchev–Trinajstić information content (AvgIpc) is 2.63. The Kier molecular flexibility index (Phi) is 5.26. The van der Waals surface area contributed by atoms with Crippen LogP contribution in [0, 0.1) is 6.92 Å². The molecule has 0 aliphatic carbocycles. The van der Waals surface area contributed by atoms with E-state index in [2.05, 4.69) is 20.6 Å². The van der Waals surface area contributed by atoms with Crippen LogP contribution in [-0.2, 0) is 6.54 Å². The van der Waals surface area contributed by atoms with Crippen LogP contribution in [-0.4, -0.2) is 15.9 Å². The van der Waals surface area contributed by atoms with E-state index in [4.69, 9.17) is 11.6 Å². The van der Waals surface area contributed by atoms with Gasteiger partial charge in [-0.2, -0.15) is 0 Å². The molecule has 0 aliphatic heterocycles. The molecule has 3 rings (SSSR count). The second kappa shape index (κ2) is 7.77. The van der Waals surface area contributed by atoms with Gasteiger partial charge in [-0.05, 0) is 30.2 Å². The largest absolute Gasteiger partial charge is 0.347 e. The minimum Gasteiger partial charge on any atom is -0.347 e. The summed E-state index contributed by atoms with van der Waals surface area (Å²) in [5.74, 6) is 0.253. The first-order chi connectivity index (χ1) is 12.1. The molecule has 0 atom stereocenters. The van der Waals surface area contributed by atoms with E-state index in [1.165, 1.54) is 12.4 Å². The number of rotatable bonds is 5. The fourth-order valence-electron chi connectivity index (χ4n) is 2.28. The average molecular weight is 353 g/mol. The molecule has 126 valence electrons. The highest BCUT2D eigenvalue weighted by Gasteiger charge is 2.09. The van der Waals surface area contributed by atoms with Crippen LogP contribution in [0.25, 0.3) is 0 Å². The van der Waals surface area contributed by atoms with Crippen molar-refractivity contribution < 1.29 is 4.79 Å². The molecule has 2 aromatic carbocycles. The van der Waals surface area contributed by atoms with Crippen molar-refractivity contribution in [2.24, 2.45) is 0 Å². The summed E-state index contributed by atoms with van der Waals surface area (Å²) >= 11 is 6.09. The molecule has 3 aromatic rings. The van der Waals surface area contributed by atoms with Crippen LogP contribution in [0.4, 0.5) is 11.5 Å². The second-order valence-electron chi connectivity index (χ2n) is 5.50. The number of amides is 1. The molecule has 1 heterocycles. The lowest BCUT2D eigenvalue weighted by Gasteiger charge is -2.09. The molecule has 0 saturated heterocycles. The van der Waals surface area contributed by atoms with Gasteiger partial charge >= 0.3 is 0 Å². The highest BCUT2D eigenvalue weighted by Crippen LogP contribution is 2.23. The van der Waals surface area contributed by atoms with Gasteiger partial charge in [-0.15, -0.1) is 0 Å². The Labute approximate surface area is 151 Å². The normalized spacial score (nSPS) is 10.3. The van der Waals surface area contributed by atoms with Crippen molar-refractivity contribution in [2.75, 3.05) is 5.32 Å². The van der Waals surface area contributed by atoms with Crippen LogP contribution in [0.3, 0.4) is 0 Å². The van der Waals surface area contributed by atoms with Gasteiger partial charge in [-0.1, -0.05) is 48.0 Å². The molecule has 0 saturated carbocycles. The first-order valence-corrected chi connectivity index (χ1v) is 8.17. The Morgan fingerprint density at radius 1 is 1.04 bits per heavy atom. The molecule has 0 fully saturated rings. The van der Waals surface area contributed by atoms with Crippen molar-refractivity contribution in [3.05, 3.63) is 82.8 Å². The lowest BCUT2D eigenvalue weighted by atomic mass is 10.1. The van der Waals surface area contributed by atoms with Crippen LogP contribution < -0.4 is 10.6 Å². The molecule has 0 unspecified atom stereocenters. The molecule has 0 aliphatic rings. The predicted octanol–water partition coefficient (Wildman–Crippen LogP) is 4.11. The minimum absolute atomic E-state index is 0.262. The van der Waals surface area contributed by atoms with Crippen LogP contribution in [0.5, 0.6) is 0 Å². The molecule has 0 spiro atoms. The highest BCUT2D eigenvalue weighted by molar-refractivity contribution is 6.33. The topological polar surface area (TPSA) is 66.9 Å². The number of nitrogens with zero attached hydrogens (tertiary/aromatic N) is 2. The standard InChI is InChI=1S/C19H17ClN4O/c1-13-6-2-3-7-14(13)10-23-19(25)17-11-22-18(12-21-17)24-16-9-5-4-8-15(16)20/h2-9,11-12H,10H2,1H3,(H,22,24)(H,23,25). The number of hydrogen-bond acceptors (Lipinski definition) is 4. The van der Waals surface area contributed by atoms with Crippen molar-refractivity contribution in [3.8, 4) is 0 Å². The summed E-state index contributed by atoms with van der Waals surface area (Å²) in [6.07, 6.45) is 2.94. The van der Waals surface area contributed by atoms with Crippen molar-refractivity contribution in [1.29, 1.82) is 0 Å². The maximum Gasteiger partial charge on any atom is 0.271 e. The molecule has 1 aromatic heterocycles. The molecule has 0 radical (unpaired) electrons. The number of halogens is 1. The third-order valence-electron chi connectivity index (χ3n) is 3.72. The lowest BCUT2D eigenvalue weighted by molar-refractivity contribution is 0.0945. The van der Waals surface area contributed by atoms with E-state index < -0.39 is 0 Å². The number of carbonyl (C=O) groups excluding carboxylic acids is 1. The molecule has 5 nitrogen and oxygen atoms in total. The van der Waals surface area contributed by atoms with E-state index in [0.29, 0.717) is 17.4 Å². The first-order valence-electron chi connectivity index (χ1n) is 7.80. The van der Waals surface area contributed by atoms with E-state index >= 15 is 0 Å². The zero-order valence-corrected chi connectivity index (χ0v) is 14.4. The van der Waals surface area contributed by atoms with Gasteiger partial charge in [-0.3, -0.25) is 4.79 Å². The van der Waals surface area contributed by atoms with E-state index in [9.17, 15) is 4.79 Å². The van der Waals surface area contributed by atoms with Crippen molar-refractivity contribution in [3.63, 3.8) is 0 Å². The minimum atomic E-state index is -0.264. The number of anilines is 2. The van der Waals surface area contributed by atoms with E-state index in [1.807, 2.05) is 49.4 Å². The van der Waals surface area contributed by atoms with Gasteiger partial charge in [0, 0.05) is 6.54 Å². The smallest absolute Gasteiger partial charge is 0.271 e. The number of benzene rings is 2. The fraction of sp³-hybridized carbons (Fsp3) is 0.105. The summed E-state index contributed by atoms with van der Waals surface area (Å²) < 4.78 is 0. The number of carbonyl (C=O) groups is 1. The van der Waals surface area contributed by atoms with E-state index in [1.54, 1.807) is 6.07 Å². The molecule has 1 amide bonds. The van der Waals surface area contributed by atoms with Crippen molar-refractivity contribution in [2.45, 2.75) is 13.5 Å². The van der Waals surface area contributed by atoms with Gasteiger partial charge in [0.1, 0.15) is 11.5 Å². The number of aryl methyl sites for hydroxylation is 1. The van der Waals surface area contributed by atoms with E-state index in [0.717, 1.165) is 16.8 Å². The number of para-hydroxylation sites is 1. The second-order valence-corrected chi connectivity index (χ2v) is 5.91. The zero-order valence-electron chi connectivity index (χ0n) is 13.7. The van der Waals surface area contributed by atoms with E-state index in [-0.39, 0.29) is 11.6 Å². The number of aromatic nitrogens is 2. The Balaban J connectivity index is 1.63. The fourth-order valence-corrected chi connectivity index (χ4v) is 2.47. The highest BCUT2D eigenvalue weighted by atomic mass is 35.5. The van der Waals surface area contributed by atoms with Crippen LogP contribution in [0.2, 0.25) is 5.02 Å². The maximum atomic E-state index is 12.2. The van der Waals surface area contributed by atoms with Gasteiger partial charge in [0.25, 0.3) is 5.91 Å². The third-order valence-corrected chi connectivity index (χ3v) is 4.05.